The molecule has 0 saturated carbocycles. The van der Waals surface area contributed by atoms with E-state index in [1.54, 1.807) is 13.2 Å². The van der Waals surface area contributed by atoms with Crippen LogP contribution in [0.25, 0.3) is 10.9 Å². The number of hydrogen-bond acceptors (Lipinski definition) is 6. The van der Waals surface area contributed by atoms with E-state index in [4.69, 9.17) is 9.47 Å². The number of fused-ring (bicyclic) bond motifs is 1. The van der Waals surface area contributed by atoms with Crippen molar-refractivity contribution >= 4 is 22.8 Å². The third kappa shape index (κ3) is 4.83. The van der Waals surface area contributed by atoms with Crippen molar-refractivity contribution in [2.75, 3.05) is 20.8 Å². The Morgan fingerprint density at radius 3 is 2.64 bits per heavy atom. The average Bonchev–Trinajstić information content (AvgIpc) is 3.22. The first-order chi connectivity index (χ1) is 15.9. The van der Waals surface area contributed by atoms with Gasteiger partial charge in [0.25, 0.3) is 5.91 Å². The number of para-hydroxylation sites is 1. The van der Waals surface area contributed by atoms with Crippen LogP contribution in [0, 0.1) is 13.8 Å². The second-order valence-corrected chi connectivity index (χ2v) is 8.51. The Morgan fingerprint density at radius 2 is 1.88 bits per heavy atom. The van der Waals surface area contributed by atoms with Crippen molar-refractivity contribution in [1.29, 1.82) is 0 Å². The molecule has 1 aliphatic heterocycles. The summed E-state index contributed by atoms with van der Waals surface area (Å²) in [5.74, 6) is 0.307. The smallest absolute Gasteiger partial charge is 0.323 e. The Morgan fingerprint density at radius 1 is 1.09 bits per heavy atom. The van der Waals surface area contributed by atoms with E-state index in [0.717, 1.165) is 33.3 Å². The standard InChI is InChI=1S/C26H29N3O4/c1-16-12-24(32-3)17(2)11-19(16)14-29-15-20(13-23(29)26(31)33-4)27-25(30)22-10-9-18-7-5-6-8-21(18)28-22/h5-12,20,23H,13-15H2,1-4H3,(H,27,30)/t20-,23-/m0/s1. The fourth-order valence-electron chi connectivity index (χ4n) is 4.47. The van der Waals surface area contributed by atoms with Gasteiger partial charge in [-0.05, 0) is 55.2 Å². The molecule has 4 rings (SSSR count). The third-order valence-corrected chi connectivity index (χ3v) is 6.27. The Kier molecular flexibility index (Phi) is 6.60. The van der Waals surface area contributed by atoms with Gasteiger partial charge in [0.2, 0.25) is 0 Å². The molecular weight excluding hydrogens is 418 g/mol. The number of methoxy groups -OCH3 is 2. The number of esters is 1. The van der Waals surface area contributed by atoms with Crippen LogP contribution in [0.3, 0.4) is 0 Å². The Hall–Kier alpha value is -3.45. The van der Waals surface area contributed by atoms with Crippen LogP contribution < -0.4 is 10.1 Å². The lowest BCUT2D eigenvalue weighted by Gasteiger charge is -2.23. The minimum Gasteiger partial charge on any atom is -0.496 e. The molecule has 3 aromatic rings. The molecule has 2 aromatic carbocycles. The zero-order valence-electron chi connectivity index (χ0n) is 19.4. The molecule has 1 amide bonds. The molecule has 1 aromatic heterocycles. The number of nitrogens with one attached hydrogen (secondary N) is 1. The highest BCUT2D eigenvalue weighted by atomic mass is 16.5. The first kappa shape index (κ1) is 22.7. The molecule has 172 valence electrons. The minimum absolute atomic E-state index is 0.186. The maximum absolute atomic E-state index is 12.9. The van der Waals surface area contributed by atoms with Gasteiger partial charge >= 0.3 is 5.97 Å². The average molecular weight is 448 g/mol. The summed E-state index contributed by atoms with van der Waals surface area (Å²) in [5.41, 5.74) is 4.39. The van der Waals surface area contributed by atoms with Crippen molar-refractivity contribution in [2.45, 2.75) is 38.9 Å². The third-order valence-electron chi connectivity index (χ3n) is 6.27. The highest BCUT2D eigenvalue weighted by Crippen LogP contribution is 2.27. The lowest BCUT2D eigenvalue weighted by molar-refractivity contribution is -0.146. The number of likely N-dealkylation sites (tertiary alicyclic amines) is 1. The molecule has 0 spiro atoms. The van der Waals surface area contributed by atoms with E-state index < -0.39 is 6.04 Å². The van der Waals surface area contributed by atoms with Gasteiger partial charge in [-0.15, -0.1) is 0 Å². The second-order valence-electron chi connectivity index (χ2n) is 8.51. The highest BCUT2D eigenvalue weighted by Gasteiger charge is 2.38. The van der Waals surface area contributed by atoms with Crippen molar-refractivity contribution in [3.8, 4) is 5.75 Å². The Bertz CT molecular complexity index is 1190. The maximum Gasteiger partial charge on any atom is 0.323 e. The SMILES string of the molecule is COC(=O)[C@@H]1C[C@H](NC(=O)c2ccc3ccccc3n2)CN1Cc1cc(C)c(OC)cc1C. The lowest BCUT2D eigenvalue weighted by atomic mass is 10.0. The van der Waals surface area contributed by atoms with Crippen LogP contribution in [-0.2, 0) is 16.1 Å². The number of rotatable bonds is 6. The molecule has 1 N–H and O–H groups in total. The molecule has 0 radical (unpaired) electrons. The summed E-state index contributed by atoms with van der Waals surface area (Å²) in [5, 5.41) is 4.04. The molecule has 1 saturated heterocycles. The highest BCUT2D eigenvalue weighted by molar-refractivity contribution is 5.95. The summed E-state index contributed by atoms with van der Waals surface area (Å²) >= 11 is 0. The van der Waals surface area contributed by atoms with E-state index in [1.807, 2.05) is 50.2 Å². The number of nitrogens with zero attached hydrogens (tertiary/aromatic N) is 2. The number of benzene rings is 2. The second kappa shape index (κ2) is 9.58. The van der Waals surface area contributed by atoms with Crippen molar-refractivity contribution in [3.05, 3.63) is 70.9 Å². The summed E-state index contributed by atoms with van der Waals surface area (Å²) in [7, 11) is 3.06. The van der Waals surface area contributed by atoms with E-state index in [1.165, 1.54) is 7.11 Å². The van der Waals surface area contributed by atoms with Gasteiger partial charge in [0.15, 0.2) is 0 Å². The molecule has 33 heavy (non-hydrogen) atoms. The normalized spacial score (nSPS) is 18.3. The topological polar surface area (TPSA) is 80.8 Å². The first-order valence-electron chi connectivity index (χ1n) is 11.0. The van der Waals surface area contributed by atoms with Gasteiger partial charge in [-0.1, -0.05) is 30.3 Å². The number of carbonyl (C=O) groups excluding carboxylic acids is 2. The van der Waals surface area contributed by atoms with Crippen LogP contribution in [0.15, 0.2) is 48.5 Å². The Balaban J connectivity index is 1.50. The van der Waals surface area contributed by atoms with Crippen LogP contribution in [0.2, 0.25) is 0 Å². The molecule has 0 aliphatic carbocycles. The molecule has 1 fully saturated rings. The molecule has 7 nitrogen and oxygen atoms in total. The molecule has 2 heterocycles. The number of aryl methyl sites for hydroxylation is 2. The van der Waals surface area contributed by atoms with E-state index in [-0.39, 0.29) is 17.9 Å². The largest absolute Gasteiger partial charge is 0.496 e. The predicted octanol–water partition coefficient (Wildman–Crippen LogP) is 3.41. The molecule has 0 bridgehead atoms. The van der Waals surface area contributed by atoms with Gasteiger partial charge in [0, 0.05) is 24.5 Å². The van der Waals surface area contributed by atoms with Crippen LogP contribution >= 0.6 is 0 Å². The molecule has 1 aliphatic rings. The summed E-state index contributed by atoms with van der Waals surface area (Å²) in [6.45, 7) is 5.16. The van der Waals surface area contributed by atoms with E-state index >= 15 is 0 Å². The molecular formula is C26H29N3O4. The summed E-state index contributed by atoms with van der Waals surface area (Å²) in [6.07, 6.45) is 0.486. The number of hydrogen-bond donors (Lipinski definition) is 1. The predicted molar refractivity (Wildman–Crippen MR) is 126 cm³/mol. The van der Waals surface area contributed by atoms with E-state index in [2.05, 4.69) is 21.3 Å². The van der Waals surface area contributed by atoms with Crippen LogP contribution in [0.5, 0.6) is 5.75 Å². The zero-order chi connectivity index (χ0) is 23.5. The van der Waals surface area contributed by atoms with E-state index in [9.17, 15) is 9.59 Å². The van der Waals surface area contributed by atoms with E-state index in [0.29, 0.717) is 25.2 Å². The molecule has 0 unspecified atom stereocenters. The summed E-state index contributed by atoms with van der Waals surface area (Å²) in [6, 6.07) is 14.8. The van der Waals surface area contributed by atoms with Crippen molar-refractivity contribution in [2.24, 2.45) is 0 Å². The van der Waals surface area contributed by atoms with Crippen LogP contribution in [-0.4, -0.2) is 54.6 Å². The zero-order valence-corrected chi connectivity index (χ0v) is 19.4. The van der Waals surface area contributed by atoms with Gasteiger partial charge in [-0.3, -0.25) is 14.5 Å². The molecule has 2 atom stereocenters. The van der Waals surface area contributed by atoms with Gasteiger partial charge < -0.3 is 14.8 Å². The first-order valence-corrected chi connectivity index (χ1v) is 11.0. The number of carbonyl (C=O) groups is 2. The van der Waals surface area contributed by atoms with Crippen molar-refractivity contribution in [3.63, 3.8) is 0 Å². The van der Waals surface area contributed by atoms with Crippen molar-refractivity contribution < 1.29 is 19.1 Å². The van der Waals surface area contributed by atoms with Gasteiger partial charge in [-0.2, -0.15) is 0 Å². The number of ether oxygens (including phenoxy) is 2. The summed E-state index contributed by atoms with van der Waals surface area (Å²) in [4.78, 5) is 32.0. The lowest BCUT2D eigenvalue weighted by Crippen LogP contribution is -2.38. The van der Waals surface area contributed by atoms with Gasteiger partial charge in [0.1, 0.15) is 17.5 Å². The fraction of sp³-hybridized carbons (Fsp3) is 0.346. The monoisotopic (exact) mass is 447 g/mol. The van der Waals surface area contributed by atoms with Crippen LogP contribution in [0.1, 0.15) is 33.6 Å². The van der Waals surface area contributed by atoms with Crippen molar-refractivity contribution in [1.82, 2.24) is 15.2 Å². The maximum atomic E-state index is 12.9. The molecule has 7 heteroatoms. The fourth-order valence-corrected chi connectivity index (χ4v) is 4.47. The minimum atomic E-state index is -0.424. The Labute approximate surface area is 193 Å². The van der Waals surface area contributed by atoms with Gasteiger partial charge in [0.05, 0.1) is 19.7 Å². The number of pyridine rings is 1. The quantitative estimate of drug-likeness (QED) is 0.584. The summed E-state index contributed by atoms with van der Waals surface area (Å²) < 4.78 is 10.5. The number of amides is 1. The van der Waals surface area contributed by atoms with Gasteiger partial charge in [-0.25, -0.2) is 4.98 Å². The number of aromatic nitrogens is 1. The van der Waals surface area contributed by atoms with Crippen LogP contribution in [0.4, 0.5) is 0 Å².